The minimum absolute atomic E-state index is 0.131. The number of hydrogen-bond acceptors (Lipinski definition) is 4. The van der Waals surface area contributed by atoms with Crippen LogP contribution in [0.25, 0.3) is 5.65 Å². The lowest BCUT2D eigenvalue weighted by Crippen LogP contribution is -2.33. The molecule has 5 rings (SSSR count). The first-order chi connectivity index (χ1) is 15.7. The summed E-state index contributed by atoms with van der Waals surface area (Å²) in [6.07, 6.45) is 4.12. The molecule has 0 radical (unpaired) electrons. The normalized spacial score (nSPS) is 15.4. The molecule has 0 saturated carbocycles. The third-order valence-corrected chi connectivity index (χ3v) is 5.61. The maximum absolute atomic E-state index is 12.9. The number of carbonyl (C=O) groups excluding carboxylic acids is 1. The van der Waals surface area contributed by atoms with Gasteiger partial charge < -0.3 is 5.32 Å². The van der Waals surface area contributed by atoms with Gasteiger partial charge >= 0.3 is 6.03 Å². The van der Waals surface area contributed by atoms with Crippen molar-refractivity contribution in [2.24, 2.45) is 0 Å². The van der Waals surface area contributed by atoms with Crippen LogP contribution in [0.3, 0.4) is 0 Å². The van der Waals surface area contributed by atoms with E-state index < -0.39 is 0 Å². The number of aromatic nitrogens is 3. The highest BCUT2D eigenvalue weighted by molar-refractivity contribution is 9.10. The van der Waals surface area contributed by atoms with E-state index in [-0.39, 0.29) is 12.1 Å². The maximum Gasteiger partial charge on any atom is 0.346 e. The van der Waals surface area contributed by atoms with E-state index in [9.17, 15) is 4.79 Å². The van der Waals surface area contributed by atoms with Gasteiger partial charge in [0, 0.05) is 28.3 Å². The summed E-state index contributed by atoms with van der Waals surface area (Å²) in [4.78, 5) is 22.8. The number of hydrogen-bond donors (Lipinski definition) is 1. The molecular weight excluding hydrogens is 470 g/mol. The van der Waals surface area contributed by atoms with Crippen molar-refractivity contribution in [3.8, 4) is 11.8 Å². The number of nitrogens with zero attached hydrogens (tertiary/aromatic N) is 4. The number of carbonyl (C=O) groups is 1. The van der Waals surface area contributed by atoms with Crippen LogP contribution < -0.4 is 5.32 Å². The molecule has 158 valence electrons. The van der Waals surface area contributed by atoms with Crippen molar-refractivity contribution >= 4 is 33.3 Å². The zero-order valence-corrected chi connectivity index (χ0v) is 18.5. The van der Waals surface area contributed by atoms with Crippen LogP contribution in [0.2, 0.25) is 0 Å². The first-order valence-corrected chi connectivity index (χ1v) is 10.9. The summed E-state index contributed by atoms with van der Waals surface area (Å²) >= 11 is 3.44. The van der Waals surface area contributed by atoms with Crippen molar-refractivity contribution in [1.29, 1.82) is 0 Å². The van der Waals surface area contributed by atoms with Gasteiger partial charge in [-0.15, -0.1) is 0 Å². The largest absolute Gasteiger partial charge is 0.346 e. The van der Waals surface area contributed by atoms with Crippen LogP contribution in [0, 0.1) is 11.8 Å². The average Bonchev–Trinajstić information content (AvgIpc) is 3.46. The number of imidazole rings is 1. The molecule has 1 aliphatic heterocycles. The van der Waals surface area contributed by atoms with Gasteiger partial charge in [-0.05, 0) is 53.9 Å². The van der Waals surface area contributed by atoms with Gasteiger partial charge in [0.25, 0.3) is 0 Å². The van der Waals surface area contributed by atoms with Crippen molar-refractivity contribution in [2.75, 3.05) is 11.9 Å². The number of hydroxylamine groups is 2. The highest BCUT2D eigenvalue weighted by Crippen LogP contribution is 2.31. The predicted molar refractivity (Wildman–Crippen MR) is 124 cm³/mol. The summed E-state index contributed by atoms with van der Waals surface area (Å²) in [7, 11) is 0. The van der Waals surface area contributed by atoms with E-state index in [4.69, 9.17) is 4.84 Å². The summed E-state index contributed by atoms with van der Waals surface area (Å²) in [5, 5.41) is 8.59. The minimum atomic E-state index is -0.313. The smallest absolute Gasteiger partial charge is 0.306 e. The Morgan fingerprint density at radius 2 is 2.00 bits per heavy atom. The van der Waals surface area contributed by atoms with Crippen LogP contribution in [-0.4, -0.2) is 32.3 Å². The number of benzene rings is 2. The molecule has 2 aromatic heterocycles. The van der Waals surface area contributed by atoms with Crippen molar-refractivity contribution in [3.63, 3.8) is 0 Å². The second kappa shape index (κ2) is 8.83. The second-order valence-electron chi connectivity index (χ2n) is 7.21. The summed E-state index contributed by atoms with van der Waals surface area (Å²) in [6, 6.07) is 18.6. The molecule has 1 N–H and O–H groups in total. The SMILES string of the molecule is O=C(Nc1cccc(C#Cc2cnc3cccnn23)c1)N1OCC[C@H]1c1ccc(Br)cc1. The Kier molecular flexibility index (Phi) is 5.58. The van der Waals surface area contributed by atoms with Crippen LogP contribution in [0.4, 0.5) is 10.5 Å². The van der Waals surface area contributed by atoms with Gasteiger partial charge in [0.2, 0.25) is 0 Å². The van der Waals surface area contributed by atoms with Crippen LogP contribution >= 0.6 is 15.9 Å². The summed E-state index contributed by atoms with van der Waals surface area (Å²) in [5.41, 5.74) is 3.87. The topological polar surface area (TPSA) is 71.8 Å². The van der Waals surface area contributed by atoms with Gasteiger partial charge in [0.15, 0.2) is 5.65 Å². The fraction of sp³-hybridized carbons (Fsp3) is 0.125. The quantitative estimate of drug-likeness (QED) is 0.412. The Morgan fingerprint density at radius 1 is 1.12 bits per heavy atom. The maximum atomic E-state index is 12.9. The van der Waals surface area contributed by atoms with Gasteiger partial charge in [-0.1, -0.05) is 40.0 Å². The van der Waals surface area contributed by atoms with E-state index in [1.165, 1.54) is 5.06 Å². The van der Waals surface area contributed by atoms with Gasteiger partial charge in [-0.2, -0.15) is 10.2 Å². The zero-order valence-electron chi connectivity index (χ0n) is 16.9. The molecule has 0 spiro atoms. The third-order valence-electron chi connectivity index (χ3n) is 5.09. The minimum Gasteiger partial charge on any atom is -0.306 e. The van der Waals surface area contributed by atoms with E-state index in [0.717, 1.165) is 27.7 Å². The van der Waals surface area contributed by atoms with Gasteiger partial charge in [-0.25, -0.2) is 14.3 Å². The van der Waals surface area contributed by atoms with E-state index in [0.29, 0.717) is 18.0 Å². The van der Waals surface area contributed by atoms with Gasteiger partial charge in [0.05, 0.1) is 18.8 Å². The molecule has 8 heteroatoms. The van der Waals surface area contributed by atoms with E-state index >= 15 is 0 Å². The number of nitrogens with one attached hydrogen (secondary N) is 1. The molecule has 0 aliphatic carbocycles. The van der Waals surface area contributed by atoms with Crippen molar-refractivity contribution in [1.82, 2.24) is 19.7 Å². The molecule has 4 aromatic rings. The van der Waals surface area contributed by atoms with Gasteiger partial charge in [0.1, 0.15) is 5.69 Å². The van der Waals surface area contributed by atoms with Crippen LogP contribution in [0.1, 0.15) is 29.3 Å². The molecule has 1 saturated heterocycles. The lowest BCUT2D eigenvalue weighted by Gasteiger charge is -2.23. The molecule has 3 heterocycles. The first kappa shape index (κ1) is 20.2. The van der Waals surface area contributed by atoms with Crippen LogP contribution in [-0.2, 0) is 4.84 Å². The summed E-state index contributed by atoms with van der Waals surface area (Å²) in [5.74, 6) is 6.20. The molecule has 2 amide bonds. The third kappa shape index (κ3) is 4.21. The molecule has 1 fully saturated rings. The first-order valence-electron chi connectivity index (χ1n) is 10.1. The van der Waals surface area contributed by atoms with E-state index in [1.54, 1.807) is 16.9 Å². The van der Waals surface area contributed by atoms with Gasteiger partial charge in [-0.3, -0.25) is 4.84 Å². The molecular formula is C24H18BrN5O2. The van der Waals surface area contributed by atoms with Crippen LogP contribution in [0.5, 0.6) is 0 Å². The average molecular weight is 488 g/mol. The Hall–Kier alpha value is -3.67. The number of anilines is 1. The van der Waals surface area contributed by atoms with Crippen molar-refractivity contribution in [2.45, 2.75) is 12.5 Å². The van der Waals surface area contributed by atoms with Crippen molar-refractivity contribution < 1.29 is 9.63 Å². The molecule has 0 bridgehead atoms. The Balaban J connectivity index is 1.32. The monoisotopic (exact) mass is 487 g/mol. The molecule has 1 atom stereocenters. The fourth-order valence-corrected chi connectivity index (χ4v) is 3.83. The van der Waals surface area contributed by atoms with E-state index in [1.807, 2.05) is 60.7 Å². The lowest BCUT2D eigenvalue weighted by molar-refractivity contribution is -0.0829. The molecule has 32 heavy (non-hydrogen) atoms. The van der Waals surface area contributed by atoms with E-state index in [2.05, 4.69) is 43.2 Å². The lowest BCUT2D eigenvalue weighted by atomic mass is 10.1. The van der Waals surface area contributed by atoms with Crippen molar-refractivity contribution in [3.05, 3.63) is 94.4 Å². The molecule has 1 aliphatic rings. The Bertz CT molecular complexity index is 1340. The zero-order chi connectivity index (χ0) is 21.9. The Morgan fingerprint density at radius 3 is 2.88 bits per heavy atom. The number of amides is 2. The second-order valence-corrected chi connectivity index (χ2v) is 8.13. The summed E-state index contributed by atoms with van der Waals surface area (Å²) < 4.78 is 2.68. The number of fused-ring (bicyclic) bond motifs is 1. The number of rotatable bonds is 2. The van der Waals surface area contributed by atoms with Crippen LogP contribution in [0.15, 0.2) is 77.5 Å². The molecule has 0 unspecified atom stereocenters. The highest BCUT2D eigenvalue weighted by atomic mass is 79.9. The standard InChI is InChI=1S/C24H18BrN5O2/c25-19-9-7-18(8-10-19)22-12-14-32-30(22)24(31)28-20-4-1-3-17(15-20)6-11-21-16-26-23-5-2-13-27-29(21)23/h1-5,7-10,13,15-16,22H,12,14H2,(H,28,31)/t22-/m0/s1. The molecule has 2 aromatic carbocycles. The highest BCUT2D eigenvalue weighted by Gasteiger charge is 2.31. The number of urea groups is 1. The Labute approximate surface area is 193 Å². The fourth-order valence-electron chi connectivity index (χ4n) is 3.56. The molecule has 7 nitrogen and oxygen atoms in total. The predicted octanol–water partition coefficient (Wildman–Crippen LogP) is 4.80. The number of halogens is 1. The summed E-state index contributed by atoms with van der Waals surface area (Å²) in [6.45, 7) is 0.493.